The molecule has 0 saturated carbocycles. The molecule has 0 aromatic heterocycles. The third-order valence-electron chi connectivity index (χ3n) is 2.05. The van der Waals surface area contributed by atoms with E-state index in [1.54, 1.807) is 13.8 Å². The van der Waals surface area contributed by atoms with E-state index in [2.05, 4.69) is 15.9 Å². The van der Waals surface area contributed by atoms with Crippen molar-refractivity contribution in [2.45, 2.75) is 24.8 Å². The zero-order valence-electron chi connectivity index (χ0n) is 10.4. The van der Waals surface area contributed by atoms with Crippen LogP contribution in [-0.2, 0) is 13.8 Å². The summed E-state index contributed by atoms with van der Waals surface area (Å²) in [6, 6.07) is 2.53. The maximum atomic E-state index is 11.8. The molecule has 1 rings (SSSR count). The van der Waals surface area contributed by atoms with Gasteiger partial charge in [0, 0.05) is 10.7 Å². The number of carbonyl (C=O) groups excluding carboxylic acids is 1. The summed E-state index contributed by atoms with van der Waals surface area (Å²) in [5.41, 5.74) is 0.0700. The van der Waals surface area contributed by atoms with Gasteiger partial charge in [-0.25, -0.2) is 13.2 Å². The van der Waals surface area contributed by atoms with Gasteiger partial charge < -0.3 is 9.47 Å². The van der Waals surface area contributed by atoms with Gasteiger partial charge >= 0.3 is 5.97 Å². The van der Waals surface area contributed by atoms with Crippen LogP contribution in [0, 0.1) is 0 Å². The van der Waals surface area contributed by atoms with E-state index < -0.39 is 15.0 Å². The second-order valence-corrected chi connectivity index (χ2v) is 7.27. The lowest BCUT2D eigenvalue weighted by atomic mass is 10.2. The molecule has 0 unspecified atom stereocenters. The van der Waals surface area contributed by atoms with Crippen LogP contribution in [0.4, 0.5) is 0 Å². The fourth-order valence-electron chi connectivity index (χ4n) is 1.35. The van der Waals surface area contributed by atoms with Gasteiger partial charge in [0.25, 0.3) is 9.05 Å². The molecular weight excluding hydrogens is 360 g/mol. The molecule has 1 aromatic carbocycles. The Labute approximate surface area is 124 Å². The van der Waals surface area contributed by atoms with E-state index in [0.29, 0.717) is 4.47 Å². The van der Waals surface area contributed by atoms with Crippen LogP contribution in [0.3, 0.4) is 0 Å². The number of esters is 1. The number of rotatable bonds is 4. The SMILES string of the molecule is COc1c(Br)cc(C(=O)OC(C)C)cc1S(=O)(=O)Cl. The van der Waals surface area contributed by atoms with E-state index in [1.807, 2.05) is 0 Å². The molecule has 0 radical (unpaired) electrons. The first-order chi connectivity index (χ1) is 8.66. The fourth-order valence-corrected chi connectivity index (χ4v) is 3.13. The molecule has 8 heteroatoms. The molecule has 0 aliphatic carbocycles. The lowest BCUT2D eigenvalue weighted by molar-refractivity contribution is 0.0377. The van der Waals surface area contributed by atoms with E-state index in [-0.39, 0.29) is 22.3 Å². The summed E-state index contributed by atoms with van der Waals surface area (Å²) in [7, 11) is 2.58. The van der Waals surface area contributed by atoms with E-state index in [4.69, 9.17) is 20.2 Å². The van der Waals surface area contributed by atoms with Crippen molar-refractivity contribution < 1.29 is 22.7 Å². The minimum absolute atomic E-state index is 0.0381. The molecule has 0 fully saturated rings. The van der Waals surface area contributed by atoms with Gasteiger partial charge in [-0.05, 0) is 41.9 Å². The molecule has 0 atom stereocenters. The van der Waals surface area contributed by atoms with Crippen molar-refractivity contribution in [1.29, 1.82) is 0 Å². The molecule has 1 aromatic rings. The first-order valence-corrected chi connectivity index (χ1v) is 8.30. The Morgan fingerprint density at radius 1 is 1.37 bits per heavy atom. The Morgan fingerprint density at radius 2 is 1.95 bits per heavy atom. The number of hydrogen-bond donors (Lipinski definition) is 0. The van der Waals surface area contributed by atoms with Crippen LogP contribution < -0.4 is 4.74 Å². The predicted octanol–water partition coefficient (Wildman–Crippen LogP) is 2.95. The molecule has 19 heavy (non-hydrogen) atoms. The molecule has 0 saturated heterocycles. The molecule has 0 aliphatic heterocycles. The standard InChI is InChI=1S/C11H12BrClO5S/c1-6(2)18-11(14)7-4-8(12)10(17-3)9(5-7)19(13,15)16/h4-6H,1-3H3. The minimum Gasteiger partial charge on any atom is -0.494 e. The second-order valence-electron chi connectivity index (χ2n) is 3.88. The zero-order chi connectivity index (χ0) is 14.8. The fraction of sp³-hybridized carbons (Fsp3) is 0.364. The van der Waals surface area contributed by atoms with Crippen molar-refractivity contribution in [3.63, 3.8) is 0 Å². The van der Waals surface area contributed by atoms with E-state index in [0.717, 1.165) is 6.07 Å². The molecule has 0 N–H and O–H groups in total. The zero-order valence-corrected chi connectivity index (χ0v) is 13.6. The van der Waals surface area contributed by atoms with Gasteiger partial charge in [0.15, 0.2) is 5.75 Å². The summed E-state index contributed by atoms with van der Waals surface area (Å²) in [5.74, 6) is -0.601. The molecular formula is C11H12BrClO5S. The predicted molar refractivity (Wildman–Crippen MR) is 74.3 cm³/mol. The Hall–Kier alpha value is -0.790. The number of hydrogen-bond acceptors (Lipinski definition) is 5. The summed E-state index contributed by atoms with van der Waals surface area (Å²) < 4.78 is 33.2. The molecule has 0 aliphatic rings. The summed E-state index contributed by atoms with van der Waals surface area (Å²) in [5, 5.41) is 0. The van der Waals surface area contributed by atoms with Gasteiger partial charge in [0.2, 0.25) is 0 Å². The minimum atomic E-state index is -4.04. The lowest BCUT2D eigenvalue weighted by Crippen LogP contribution is -2.12. The molecule has 0 bridgehead atoms. The Morgan fingerprint density at radius 3 is 2.37 bits per heavy atom. The summed E-state index contributed by atoms with van der Waals surface area (Å²) in [4.78, 5) is 11.5. The van der Waals surface area contributed by atoms with Crippen molar-refractivity contribution in [3.8, 4) is 5.75 Å². The van der Waals surface area contributed by atoms with E-state index >= 15 is 0 Å². The van der Waals surface area contributed by atoms with Crippen molar-refractivity contribution in [2.75, 3.05) is 7.11 Å². The lowest BCUT2D eigenvalue weighted by Gasteiger charge is -2.12. The highest BCUT2D eigenvalue weighted by Gasteiger charge is 2.23. The smallest absolute Gasteiger partial charge is 0.338 e. The monoisotopic (exact) mass is 370 g/mol. The van der Waals surface area contributed by atoms with E-state index in [1.165, 1.54) is 13.2 Å². The van der Waals surface area contributed by atoms with Gasteiger partial charge in [-0.2, -0.15) is 0 Å². The molecule has 0 heterocycles. The first kappa shape index (κ1) is 16.3. The number of methoxy groups -OCH3 is 1. The van der Waals surface area contributed by atoms with Gasteiger partial charge in [-0.15, -0.1) is 0 Å². The second kappa shape index (κ2) is 6.11. The van der Waals surface area contributed by atoms with Crippen LogP contribution >= 0.6 is 26.6 Å². The van der Waals surface area contributed by atoms with Crippen LogP contribution in [0.1, 0.15) is 24.2 Å². The summed E-state index contributed by atoms with van der Waals surface area (Å²) in [6.45, 7) is 3.38. The van der Waals surface area contributed by atoms with Crippen molar-refractivity contribution in [3.05, 3.63) is 22.2 Å². The highest BCUT2D eigenvalue weighted by molar-refractivity contribution is 9.10. The third kappa shape index (κ3) is 4.09. The van der Waals surface area contributed by atoms with Crippen LogP contribution in [0.25, 0.3) is 0 Å². The Bertz CT molecular complexity index is 597. The van der Waals surface area contributed by atoms with Gasteiger partial charge in [0.05, 0.1) is 23.2 Å². The van der Waals surface area contributed by atoms with Crippen LogP contribution in [0.5, 0.6) is 5.75 Å². The number of ether oxygens (including phenoxy) is 2. The van der Waals surface area contributed by atoms with Gasteiger partial charge in [-0.3, -0.25) is 0 Å². The maximum absolute atomic E-state index is 11.8. The molecule has 106 valence electrons. The quantitative estimate of drug-likeness (QED) is 0.601. The average Bonchev–Trinajstić information content (AvgIpc) is 2.25. The molecule has 0 amide bonds. The third-order valence-corrected chi connectivity index (χ3v) is 3.97. The van der Waals surface area contributed by atoms with Gasteiger partial charge in [-0.1, -0.05) is 0 Å². The molecule has 5 nitrogen and oxygen atoms in total. The molecule has 0 spiro atoms. The van der Waals surface area contributed by atoms with Crippen molar-refractivity contribution in [1.82, 2.24) is 0 Å². The van der Waals surface area contributed by atoms with Crippen molar-refractivity contribution >= 4 is 41.6 Å². The first-order valence-electron chi connectivity index (χ1n) is 5.20. The topological polar surface area (TPSA) is 69.7 Å². The van der Waals surface area contributed by atoms with Crippen molar-refractivity contribution in [2.24, 2.45) is 0 Å². The number of benzene rings is 1. The summed E-state index contributed by atoms with van der Waals surface area (Å²) in [6.07, 6.45) is -0.315. The Balaban J connectivity index is 3.40. The Kier molecular flexibility index (Phi) is 5.23. The van der Waals surface area contributed by atoms with Gasteiger partial charge in [0.1, 0.15) is 4.90 Å². The average molecular weight is 372 g/mol. The highest BCUT2D eigenvalue weighted by atomic mass is 79.9. The normalized spacial score (nSPS) is 11.5. The van der Waals surface area contributed by atoms with E-state index in [9.17, 15) is 13.2 Å². The largest absolute Gasteiger partial charge is 0.494 e. The number of carbonyl (C=O) groups is 1. The number of halogens is 2. The highest BCUT2D eigenvalue weighted by Crippen LogP contribution is 2.35. The summed E-state index contributed by atoms with van der Waals surface area (Å²) >= 11 is 3.13. The van der Waals surface area contributed by atoms with Crippen LogP contribution in [0.2, 0.25) is 0 Å². The van der Waals surface area contributed by atoms with Crippen LogP contribution in [-0.4, -0.2) is 27.6 Å². The van der Waals surface area contributed by atoms with Crippen LogP contribution in [0.15, 0.2) is 21.5 Å². The maximum Gasteiger partial charge on any atom is 0.338 e.